The van der Waals surface area contributed by atoms with Crippen molar-refractivity contribution in [3.8, 4) is 0 Å². The average molecular weight is 319 g/mol. The number of nitrogens with zero attached hydrogens (tertiary/aromatic N) is 3. The van der Waals surface area contributed by atoms with Crippen LogP contribution in [0.15, 0.2) is 24.5 Å². The van der Waals surface area contributed by atoms with Crippen LogP contribution in [0.4, 0.5) is 10.5 Å². The van der Waals surface area contributed by atoms with E-state index in [0.29, 0.717) is 24.8 Å². The van der Waals surface area contributed by atoms with Crippen LogP contribution >= 0.6 is 23.2 Å². The molecule has 0 aliphatic carbocycles. The summed E-state index contributed by atoms with van der Waals surface area (Å²) in [5, 5.41) is 0. The Morgan fingerprint density at radius 3 is 2.00 bits per heavy atom. The van der Waals surface area contributed by atoms with Crippen LogP contribution in [0.2, 0.25) is 0 Å². The van der Waals surface area contributed by atoms with Crippen LogP contribution in [0.5, 0.6) is 0 Å². The van der Waals surface area contributed by atoms with Gasteiger partial charge in [-0.15, -0.1) is 23.2 Å². The Hall–Kier alpha value is -1.00. The molecule has 0 aliphatic rings. The van der Waals surface area contributed by atoms with Crippen molar-refractivity contribution in [1.29, 1.82) is 0 Å². The molecule has 20 heavy (non-hydrogen) atoms. The standard InChI is InChI=1S/C14H22Cl2N3O/c1-3-17(4-2)13-5-9-18(10-6-13)14(20)19(11-7-15)12-8-16/h5-6,9-10H,3-4,7-8,11-12H2,1-2H3/q+1. The largest absolute Gasteiger partial charge is 0.497 e. The fourth-order valence-corrected chi connectivity index (χ4v) is 2.42. The predicted octanol–water partition coefficient (Wildman–Crippen LogP) is 2.57. The predicted molar refractivity (Wildman–Crippen MR) is 84.0 cm³/mol. The van der Waals surface area contributed by atoms with Gasteiger partial charge in [0, 0.05) is 30.9 Å². The second-order valence-corrected chi connectivity index (χ2v) is 5.04. The quantitative estimate of drug-likeness (QED) is 0.571. The summed E-state index contributed by atoms with van der Waals surface area (Å²) in [7, 11) is 0. The first-order valence-corrected chi connectivity index (χ1v) is 7.92. The first-order chi connectivity index (χ1) is 9.67. The highest BCUT2D eigenvalue weighted by Crippen LogP contribution is 2.10. The highest BCUT2D eigenvalue weighted by Gasteiger charge is 2.23. The highest BCUT2D eigenvalue weighted by molar-refractivity contribution is 6.18. The molecule has 0 radical (unpaired) electrons. The van der Waals surface area contributed by atoms with E-state index in [0.717, 1.165) is 18.8 Å². The number of alkyl halides is 2. The van der Waals surface area contributed by atoms with Crippen molar-refractivity contribution in [2.24, 2.45) is 0 Å². The second kappa shape index (κ2) is 9.03. The molecular weight excluding hydrogens is 297 g/mol. The molecule has 0 bridgehead atoms. The Balaban J connectivity index is 2.83. The van der Waals surface area contributed by atoms with Gasteiger partial charge in [-0.3, -0.25) is 0 Å². The topological polar surface area (TPSA) is 27.4 Å². The van der Waals surface area contributed by atoms with Gasteiger partial charge in [0.15, 0.2) is 0 Å². The summed E-state index contributed by atoms with van der Waals surface area (Å²) < 4.78 is 1.56. The molecular formula is C14H22Cl2N3O+. The molecule has 0 saturated heterocycles. The van der Waals surface area contributed by atoms with E-state index in [-0.39, 0.29) is 6.03 Å². The van der Waals surface area contributed by atoms with Crippen LogP contribution in [0, 0.1) is 0 Å². The van der Waals surface area contributed by atoms with E-state index in [1.165, 1.54) is 0 Å². The fourth-order valence-electron chi connectivity index (χ4n) is 2.02. The summed E-state index contributed by atoms with van der Waals surface area (Å²) >= 11 is 11.4. The maximum Gasteiger partial charge on any atom is 0.497 e. The molecule has 0 N–H and O–H groups in total. The number of rotatable bonds is 7. The number of hydrogen-bond acceptors (Lipinski definition) is 2. The van der Waals surface area contributed by atoms with Gasteiger partial charge in [-0.2, -0.15) is 9.36 Å². The first kappa shape index (κ1) is 17.1. The lowest BCUT2D eigenvalue weighted by atomic mass is 10.3. The Bertz CT molecular complexity index is 401. The third-order valence-electron chi connectivity index (χ3n) is 3.14. The minimum absolute atomic E-state index is 0.0996. The molecule has 1 aromatic heterocycles. The SMILES string of the molecule is CCN(CC)c1cc[n+](C(=O)N(CCCl)CCCl)cc1. The number of aromatic nitrogens is 1. The van der Waals surface area contributed by atoms with Gasteiger partial charge in [-0.05, 0) is 13.8 Å². The van der Waals surface area contributed by atoms with Gasteiger partial charge in [0.25, 0.3) is 0 Å². The lowest BCUT2D eigenvalue weighted by molar-refractivity contribution is -0.578. The van der Waals surface area contributed by atoms with E-state index in [2.05, 4.69) is 18.7 Å². The lowest BCUT2D eigenvalue weighted by Crippen LogP contribution is -2.53. The van der Waals surface area contributed by atoms with Crippen molar-refractivity contribution in [1.82, 2.24) is 4.90 Å². The van der Waals surface area contributed by atoms with Crippen LogP contribution in [0.3, 0.4) is 0 Å². The molecule has 0 atom stereocenters. The number of carbonyl (C=O) groups excluding carboxylic acids is 1. The van der Waals surface area contributed by atoms with Crippen molar-refractivity contribution in [2.75, 3.05) is 42.8 Å². The maximum absolute atomic E-state index is 12.3. The number of halogens is 2. The molecule has 1 amide bonds. The van der Waals surface area contributed by atoms with Crippen LogP contribution in [0.1, 0.15) is 13.8 Å². The summed E-state index contributed by atoms with van der Waals surface area (Å²) in [4.78, 5) is 16.2. The van der Waals surface area contributed by atoms with E-state index in [9.17, 15) is 4.79 Å². The van der Waals surface area contributed by atoms with Crippen LogP contribution < -0.4 is 9.47 Å². The summed E-state index contributed by atoms with van der Waals surface area (Å²) in [6, 6.07) is 3.80. The Morgan fingerprint density at radius 2 is 1.60 bits per heavy atom. The number of amides is 1. The van der Waals surface area contributed by atoms with Crippen LogP contribution in [0.25, 0.3) is 0 Å². The monoisotopic (exact) mass is 318 g/mol. The Kier molecular flexibility index (Phi) is 7.70. The van der Waals surface area contributed by atoms with Gasteiger partial charge in [-0.1, -0.05) is 0 Å². The number of pyridine rings is 1. The Labute approximate surface area is 130 Å². The maximum atomic E-state index is 12.3. The summed E-state index contributed by atoms with van der Waals surface area (Å²) in [5.74, 6) is 0.807. The zero-order valence-corrected chi connectivity index (χ0v) is 13.6. The minimum atomic E-state index is -0.0996. The van der Waals surface area contributed by atoms with E-state index in [4.69, 9.17) is 23.2 Å². The molecule has 0 aliphatic heterocycles. The van der Waals surface area contributed by atoms with Crippen molar-refractivity contribution in [3.05, 3.63) is 24.5 Å². The zero-order valence-electron chi connectivity index (χ0n) is 12.1. The number of carbonyl (C=O) groups is 1. The van der Waals surface area contributed by atoms with Gasteiger partial charge in [0.1, 0.15) is 25.5 Å². The smallest absolute Gasteiger partial charge is 0.372 e. The molecule has 0 fully saturated rings. The van der Waals surface area contributed by atoms with Gasteiger partial charge in [-0.25, -0.2) is 4.90 Å². The average Bonchev–Trinajstić information content (AvgIpc) is 2.48. The van der Waals surface area contributed by atoms with Crippen molar-refractivity contribution in [3.63, 3.8) is 0 Å². The number of anilines is 1. The molecule has 1 rings (SSSR count). The molecule has 0 spiro atoms. The molecule has 0 saturated carbocycles. The van der Waals surface area contributed by atoms with Gasteiger partial charge in [0.2, 0.25) is 0 Å². The van der Waals surface area contributed by atoms with E-state index in [1.807, 2.05) is 12.1 Å². The summed E-state index contributed by atoms with van der Waals surface area (Å²) in [5.41, 5.74) is 1.11. The second-order valence-electron chi connectivity index (χ2n) is 4.28. The molecule has 4 nitrogen and oxygen atoms in total. The Morgan fingerprint density at radius 1 is 1.10 bits per heavy atom. The molecule has 6 heteroatoms. The van der Waals surface area contributed by atoms with Crippen molar-refractivity contribution >= 4 is 34.9 Å². The third kappa shape index (κ3) is 4.53. The highest BCUT2D eigenvalue weighted by atomic mass is 35.5. The normalized spacial score (nSPS) is 10.4. The fraction of sp³-hybridized carbons (Fsp3) is 0.571. The lowest BCUT2D eigenvalue weighted by Gasteiger charge is -2.20. The summed E-state index contributed by atoms with van der Waals surface area (Å²) in [6.45, 7) is 7.10. The first-order valence-electron chi connectivity index (χ1n) is 6.85. The van der Waals surface area contributed by atoms with Crippen LogP contribution in [-0.2, 0) is 0 Å². The van der Waals surface area contributed by atoms with E-state index in [1.54, 1.807) is 21.9 Å². The van der Waals surface area contributed by atoms with Crippen LogP contribution in [-0.4, -0.2) is 48.9 Å². The molecule has 1 heterocycles. The molecule has 0 unspecified atom stereocenters. The zero-order chi connectivity index (χ0) is 15.0. The molecule has 1 aromatic rings. The van der Waals surface area contributed by atoms with Crippen molar-refractivity contribution in [2.45, 2.75) is 13.8 Å². The van der Waals surface area contributed by atoms with Gasteiger partial charge >= 0.3 is 6.03 Å². The van der Waals surface area contributed by atoms with Gasteiger partial charge < -0.3 is 4.90 Å². The molecule has 112 valence electrons. The molecule has 0 aromatic carbocycles. The van der Waals surface area contributed by atoms with E-state index < -0.39 is 0 Å². The third-order valence-corrected chi connectivity index (χ3v) is 3.48. The van der Waals surface area contributed by atoms with Gasteiger partial charge in [0.05, 0.1) is 11.8 Å². The van der Waals surface area contributed by atoms with Crippen molar-refractivity contribution < 1.29 is 9.36 Å². The van der Waals surface area contributed by atoms with E-state index >= 15 is 0 Å². The summed E-state index contributed by atoms with van der Waals surface area (Å²) in [6.07, 6.45) is 3.57. The minimum Gasteiger partial charge on any atom is -0.372 e. The number of hydrogen-bond donors (Lipinski definition) is 0.